The molecule has 1 aromatic carbocycles. The average molecular weight is 367 g/mol. The Kier molecular flexibility index (Phi) is 4.94. The summed E-state index contributed by atoms with van der Waals surface area (Å²) in [6.45, 7) is 0.0112. The summed E-state index contributed by atoms with van der Waals surface area (Å²) < 4.78 is 30.4. The zero-order chi connectivity index (χ0) is 15.3. The van der Waals surface area contributed by atoms with Gasteiger partial charge in [0.25, 0.3) is 0 Å². The molecule has 0 bridgehead atoms. The molecule has 0 spiro atoms. The fourth-order valence-electron chi connectivity index (χ4n) is 1.62. The molecular formula is C14H11BrN2O3S. The number of benzene rings is 1. The first-order valence-corrected chi connectivity index (χ1v) is 8.42. The highest BCUT2D eigenvalue weighted by molar-refractivity contribution is 9.10. The molecule has 21 heavy (non-hydrogen) atoms. The highest BCUT2D eigenvalue weighted by Gasteiger charge is 2.15. The number of halogens is 1. The van der Waals surface area contributed by atoms with Gasteiger partial charge in [-0.3, -0.25) is 4.98 Å². The van der Waals surface area contributed by atoms with Crippen LogP contribution in [-0.4, -0.2) is 25.8 Å². The van der Waals surface area contributed by atoms with Crippen LogP contribution in [0.5, 0.6) is 5.75 Å². The summed E-state index contributed by atoms with van der Waals surface area (Å²) in [7, 11) is -3.48. The Bertz CT molecular complexity index is 785. The summed E-state index contributed by atoms with van der Waals surface area (Å²) >= 11 is 3.25. The van der Waals surface area contributed by atoms with E-state index in [1.54, 1.807) is 24.4 Å². The van der Waals surface area contributed by atoms with Crippen molar-refractivity contribution in [1.82, 2.24) is 4.98 Å². The fourth-order valence-corrected chi connectivity index (χ4v) is 3.09. The van der Waals surface area contributed by atoms with Gasteiger partial charge in [0.1, 0.15) is 12.4 Å². The molecule has 7 heteroatoms. The van der Waals surface area contributed by atoms with E-state index < -0.39 is 9.84 Å². The number of aromatic nitrogens is 1. The normalized spacial score (nSPS) is 10.9. The van der Waals surface area contributed by atoms with Gasteiger partial charge in [0.05, 0.1) is 28.5 Å². The van der Waals surface area contributed by atoms with Crippen molar-refractivity contribution in [2.45, 2.75) is 4.90 Å². The number of pyridine rings is 1. The van der Waals surface area contributed by atoms with E-state index in [2.05, 4.69) is 20.9 Å². The minimum atomic E-state index is -3.48. The molecule has 0 N–H and O–H groups in total. The number of sulfone groups is 1. The molecule has 1 aromatic heterocycles. The predicted octanol–water partition coefficient (Wildman–Crippen LogP) is 2.57. The Hall–Kier alpha value is -1.91. The van der Waals surface area contributed by atoms with Gasteiger partial charge in [-0.05, 0) is 40.2 Å². The molecule has 108 valence electrons. The zero-order valence-corrected chi connectivity index (χ0v) is 13.3. The van der Waals surface area contributed by atoms with Crippen LogP contribution in [0.25, 0.3) is 0 Å². The van der Waals surface area contributed by atoms with E-state index in [9.17, 15) is 8.42 Å². The third kappa shape index (κ3) is 4.28. The number of rotatable bonds is 5. The molecule has 0 fully saturated rings. The lowest BCUT2D eigenvalue weighted by atomic mass is 10.2. The van der Waals surface area contributed by atoms with E-state index in [0.29, 0.717) is 11.3 Å². The molecule has 0 aliphatic carbocycles. The largest absolute Gasteiger partial charge is 0.491 e. The molecule has 0 amide bonds. The summed E-state index contributed by atoms with van der Waals surface area (Å²) in [5.74, 6) is 0.319. The van der Waals surface area contributed by atoms with Crippen molar-refractivity contribution in [3.05, 3.63) is 52.8 Å². The van der Waals surface area contributed by atoms with Crippen molar-refractivity contribution in [3.63, 3.8) is 0 Å². The van der Waals surface area contributed by atoms with Gasteiger partial charge in [0.2, 0.25) is 0 Å². The zero-order valence-electron chi connectivity index (χ0n) is 10.9. The molecule has 0 aliphatic heterocycles. The second-order valence-electron chi connectivity index (χ2n) is 4.15. The topological polar surface area (TPSA) is 80.0 Å². The minimum absolute atomic E-state index is 0.0112. The molecule has 0 radical (unpaired) electrons. The van der Waals surface area contributed by atoms with Crippen LogP contribution in [0.4, 0.5) is 0 Å². The van der Waals surface area contributed by atoms with Crippen molar-refractivity contribution in [1.29, 1.82) is 5.26 Å². The van der Waals surface area contributed by atoms with E-state index in [-0.39, 0.29) is 17.3 Å². The highest BCUT2D eigenvalue weighted by atomic mass is 79.9. The summed E-state index contributed by atoms with van der Waals surface area (Å²) in [5.41, 5.74) is 0.313. The van der Waals surface area contributed by atoms with Crippen molar-refractivity contribution >= 4 is 25.8 Å². The quantitative estimate of drug-likeness (QED) is 0.812. The molecule has 0 atom stereocenters. The maximum atomic E-state index is 12.1. The summed E-state index contributed by atoms with van der Waals surface area (Å²) in [6, 6.07) is 9.55. The van der Waals surface area contributed by atoms with E-state index >= 15 is 0 Å². The molecule has 0 saturated carbocycles. The van der Waals surface area contributed by atoms with E-state index in [0.717, 1.165) is 4.47 Å². The molecular weight excluding hydrogens is 356 g/mol. The average Bonchev–Trinajstić information content (AvgIpc) is 2.47. The second-order valence-corrected chi connectivity index (χ2v) is 7.17. The summed E-state index contributed by atoms with van der Waals surface area (Å²) in [5, 5.41) is 8.80. The Morgan fingerprint density at radius 3 is 2.81 bits per heavy atom. The van der Waals surface area contributed by atoms with Crippen molar-refractivity contribution in [2.75, 3.05) is 12.4 Å². The summed E-state index contributed by atoms with van der Waals surface area (Å²) in [4.78, 5) is 4.05. The number of nitrogens with zero attached hydrogens (tertiary/aromatic N) is 2. The lowest BCUT2D eigenvalue weighted by molar-refractivity contribution is 0.339. The Balaban J connectivity index is 2.03. The van der Waals surface area contributed by atoms with Gasteiger partial charge in [-0.25, -0.2) is 8.42 Å². The van der Waals surface area contributed by atoms with Crippen molar-refractivity contribution in [3.8, 4) is 11.8 Å². The number of nitriles is 1. The molecule has 0 unspecified atom stereocenters. The van der Waals surface area contributed by atoms with Crippen LogP contribution in [0.2, 0.25) is 0 Å². The van der Waals surface area contributed by atoms with Crippen LogP contribution in [-0.2, 0) is 9.84 Å². The van der Waals surface area contributed by atoms with Crippen LogP contribution in [0.15, 0.2) is 52.1 Å². The van der Waals surface area contributed by atoms with Gasteiger partial charge < -0.3 is 4.74 Å². The van der Waals surface area contributed by atoms with Gasteiger partial charge in [0.15, 0.2) is 9.84 Å². The van der Waals surface area contributed by atoms with Gasteiger partial charge in [-0.15, -0.1) is 0 Å². The summed E-state index contributed by atoms with van der Waals surface area (Å²) in [6.07, 6.45) is 3.12. The van der Waals surface area contributed by atoms with Gasteiger partial charge >= 0.3 is 0 Å². The molecule has 5 nitrogen and oxygen atoms in total. The molecule has 2 aromatic rings. The Morgan fingerprint density at radius 2 is 2.10 bits per heavy atom. The standard InChI is InChI=1S/C14H11BrN2O3S/c15-12-7-13(10-17-9-12)20-4-5-21(18,19)14-3-1-2-11(6-14)8-16/h1-3,6-7,9-10H,4-5H2. The monoisotopic (exact) mass is 366 g/mol. The second kappa shape index (κ2) is 6.70. The highest BCUT2D eigenvalue weighted by Crippen LogP contribution is 2.17. The van der Waals surface area contributed by atoms with Gasteiger partial charge in [-0.1, -0.05) is 6.07 Å². The van der Waals surface area contributed by atoms with Gasteiger partial charge in [-0.2, -0.15) is 5.26 Å². The van der Waals surface area contributed by atoms with Crippen LogP contribution in [0.1, 0.15) is 5.56 Å². The number of hydrogen-bond donors (Lipinski definition) is 0. The van der Waals surface area contributed by atoms with Crippen molar-refractivity contribution < 1.29 is 13.2 Å². The van der Waals surface area contributed by atoms with Crippen LogP contribution in [0.3, 0.4) is 0 Å². The maximum absolute atomic E-state index is 12.1. The van der Waals surface area contributed by atoms with Crippen molar-refractivity contribution in [2.24, 2.45) is 0 Å². The maximum Gasteiger partial charge on any atom is 0.181 e. The molecule has 0 saturated heterocycles. The van der Waals surface area contributed by atoms with E-state index in [1.807, 2.05) is 6.07 Å². The number of ether oxygens (including phenoxy) is 1. The SMILES string of the molecule is N#Cc1cccc(S(=O)(=O)CCOc2cncc(Br)c2)c1. The molecule has 0 aliphatic rings. The Labute approximate surface area is 131 Å². The number of hydrogen-bond acceptors (Lipinski definition) is 5. The lowest BCUT2D eigenvalue weighted by Gasteiger charge is -2.07. The smallest absolute Gasteiger partial charge is 0.181 e. The minimum Gasteiger partial charge on any atom is -0.491 e. The Morgan fingerprint density at radius 1 is 1.29 bits per heavy atom. The third-order valence-corrected chi connectivity index (χ3v) is 4.73. The molecule has 1 heterocycles. The first-order chi connectivity index (χ1) is 10.0. The van der Waals surface area contributed by atoms with Gasteiger partial charge in [0, 0.05) is 10.7 Å². The molecule has 2 rings (SSSR count). The van der Waals surface area contributed by atoms with Crippen LogP contribution >= 0.6 is 15.9 Å². The van der Waals surface area contributed by atoms with Crippen LogP contribution < -0.4 is 4.74 Å². The third-order valence-electron chi connectivity index (χ3n) is 2.62. The fraction of sp³-hybridized carbons (Fsp3) is 0.143. The predicted molar refractivity (Wildman–Crippen MR) is 80.6 cm³/mol. The first kappa shape index (κ1) is 15.5. The van der Waals surface area contributed by atoms with E-state index in [1.165, 1.54) is 18.3 Å². The van der Waals surface area contributed by atoms with Crippen LogP contribution in [0, 0.1) is 11.3 Å². The van der Waals surface area contributed by atoms with E-state index in [4.69, 9.17) is 10.00 Å². The first-order valence-electron chi connectivity index (χ1n) is 5.97. The lowest BCUT2D eigenvalue weighted by Crippen LogP contribution is -2.14.